The van der Waals surface area contributed by atoms with Crippen LogP contribution in [0.5, 0.6) is 0 Å². The molecule has 0 fully saturated rings. The number of urea groups is 1. The average Bonchev–Trinajstić information content (AvgIpc) is 2.82. The molecule has 0 saturated carbocycles. The molecule has 24 heavy (non-hydrogen) atoms. The maximum atomic E-state index is 12.2. The van der Waals surface area contributed by atoms with Gasteiger partial charge >= 0.3 is 11.8 Å². The zero-order valence-corrected chi connectivity index (χ0v) is 13.8. The summed E-state index contributed by atoms with van der Waals surface area (Å²) in [5, 5.41) is 5.67. The molecule has 6 nitrogen and oxygen atoms in total. The molecule has 0 spiro atoms. The summed E-state index contributed by atoms with van der Waals surface area (Å²) in [5.74, 6) is -0.431. The van der Waals surface area contributed by atoms with Crippen molar-refractivity contribution in [2.45, 2.75) is 19.9 Å². The Bertz CT molecular complexity index is 938. The summed E-state index contributed by atoms with van der Waals surface area (Å²) in [4.78, 5) is 23.7. The Kier molecular flexibility index (Phi) is 4.12. The highest BCUT2D eigenvalue weighted by atomic mass is 16.4. The molecule has 124 valence electrons. The number of carbonyl (C=O) groups is 1. The van der Waals surface area contributed by atoms with E-state index in [9.17, 15) is 9.59 Å². The third-order valence-corrected chi connectivity index (χ3v) is 3.97. The molecule has 3 aromatic rings. The minimum Gasteiger partial charge on any atom is -0.408 e. The fourth-order valence-electron chi connectivity index (χ4n) is 2.51. The molecule has 2 N–H and O–H groups in total. The van der Waals surface area contributed by atoms with Crippen LogP contribution in [-0.4, -0.2) is 10.6 Å². The molecule has 2 amide bonds. The normalized spacial score (nSPS) is 12.1. The summed E-state index contributed by atoms with van der Waals surface area (Å²) in [6, 6.07) is 12.6. The van der Waals surface area contributed by atoms with Crippen LogP contribution >= 0.6 is 0 Å². The zero-order chi connectivity index (χ0) is 17.3. The molecule has 0 bridgehead atoms. The molecule has 1 unspecified atom stereocenters. The largest absolute Gasteiger partial charge is 0.419 e. The molecule has 0 aliphatic heterocycles. The van der Waals surface area contributed by atoms with Crippen molar-refractivity contribution in [3.05, 3.63) is 64.1 Å². The van der Waals surface area contributed by atoms with Crippen molar-refractivity contribution in [2.24, 2.45) is 7.05 Å². The first-order valence-corrected chi connectivity index (χ1v) is 7.68. The smallest absolute Gasteiger partial charge is 0.408 e. The van der Waals surface area contributed by atoms with E-state index in [0.29, 0.717) is 16.8 Å². The van der Waals surface area contributed by atoms with Gasteiger partial charge in [-0.25, -0.2) is 9.59 Å². The van der Waals surface area contributed by atoms with Crippen molar-refractivity contribution in [1.82, 2.24) is 9.88 Å². The second-order valence-electron chi connectivity index (χ2n) is 5.84. The van der Waals surface area contributed by atoms with E-state index in [4.69, 9.17) is 4.42 Å². The molecule has 1 atom stereocenters. The molecule has 3 rings (SSSR count). The van der Waals surface area contributed by atoms with Crippen molar-refractivity contribution in [3.8, 4) is 0 Å². The van der Waals surface area contributed by atoms with E-state index in [1.54, 1.807) is 25.2 Å². The van der Waals surface area contributed by atoms with Crippen LogP contribution in [0.3, 0.4) is 0 Å². The van der Waals surface area contributed by atoms with Crippen molar-refractivity contribution < 1.29 is 9.21 Å². The van der Waals surface area contributed by atoms with Gasteiger partial charge in [-0.3, -0.25) is 4.57 Å². The lowest BCUT2D eigenvalue weighted by Gasteiger charge is -2.15. The SMILES string of the molecule is Cc1ccc(C(C)NC(=O)Nc2ccc3oc(=O)n(C)c3c2)cc1. The molecule has 0 saturated heterocycles. The first-order chi connectivity index (χ1) is 11.4. The molecule has 1 heterocycles. The lowest BCUT2D eigenvalue weighted by atomic mass is 10.1. The van der Waals surface area contributed by atoms with Crippen LogP contribution in [0.25, 0.3) is 11.1 Å². The van der Waals surface area contributed by atoms with Gasteiger partial charge in [0.2, 0.25) is 0 Å². The van der Waals surface area contributed by atoms with Gasteiger partial charge in [-0.05, 0) is 37.6 Å². The Hall–Kier alpha value is -3.02. The number of hydrogen-bond acceptors (Lipinski definition) is 3. The predicted molar refractivity (Wildman–Crippen MR) is 93.2 cm³/mol. The fourth-order valence-corrected chi connectivity index (χ4v) is 2.51. The second-order valence-corrected chi connectivity index (χ2v) is 5.84. The number of benzene rings is 2. The van der Waals surface area contributed by atoms with E-state index >= 15 is 0 Å². The first-order valence-electron chi connectivity index (χ1n) is 7.68. The number of rotatable bonds is 3. The van der Waals surface area contributed by atoms with Gasteiger partial charge in [0.1, 0.15) is 0 Å². The number of hydrogen-bond donors (Lipinski definition) is 2. The molecular weight excluding hydrogens is 306 g/mol. The Labute approximate surface area is 139 Å². The summed E-state index contributed by atoms with van der Waals surface area (Å²) in [6.45, 7) is 3.95. The zero-order valence-electron chi connectivity index (χ0n) is 13.8. The number of carbonyl (C=O) groups excluding carboxylic acids is 1. The highest BCUT2D eigenvalue weighted by molar-refractivity contribution is 5.91. The molecule has 0 aliphatic carbocycles. The standard InChI is InChI=1S/C18H19N3O3/c1-11-4-6-13(7-5-11)12(2)19-17(22)20-14-8-9-16-15(10-14)21(3)18(23)24-16/h4-10,12H,1-3H3,(H2,19,20,22). The molecule has 2 aromatic carbocycles. The van der Waals surface area contributed by atoms with Crippen LogP contribution < -0.4 is 16.4 Å². The van der Waals surface area contributed by atoms with Gasteiger partial charge in [0.05, 0.1) is 11.6 Å². The highest BCUT2D eigenvalue weighted by Crippen LogP contribution is 2.18. The first kappa shape index (κ1) is 15.9. The lowest BCUT2D eigenvalue weighted by molar-refractivity contribution is 0.249. The fraction of sp³-hybridized carbons (Fsp3) is 0.222. The minimum atomic E-state index is -0.431. The average molecular weight is 325 g/mol. The van der Waals surface area contributed by atoms with E-state index in [1.165, 1.54) is 10.1 Å². The third-order valence-electron chi connectivity index (χ3n) is 3.97. The third kappa shape index (κ3) is 3.17. The van der Waals surface area contributed by atoms with Gasteiger partial charge < -0.3 is 15.1 Å². The number of oxazole rings is 1. The van der Waals surface area contributed by atoms with Gasteiger partial charge in [0.15, 0.2) is 5.58 Å². The number of anilines is 1. The van der Waals surface area contributed by atoms with Crippen LogP contribution in [0.1, 0.15) is 24.1 Å². The minimum absolute atomic E-state index is 0.118. The number of nitrogens with zero attached hydrogens (tertiary/aromatic N) is 1. The highest BCUT2D eigenvalue weighted by Gasteiger charge is 2.11. The number of nitrogens with one attached hydrogen (secondary N) is 2. The maximum Gasteiger partial charge on any atom is 0.419 e. The van der Waals surface area contributed by atoms with E-state index in [-0.39, 0.29) is 12.1 Å². The summed E-state index contributed by atoms with van der Waals surface area (Å²) >= 11 is 0. The second kappa shape index (κ2) is 6.23. The van der Waals surface area contributed by atoms with E-state index in [2.05, 4.69) is 10.6 Å². The van der Waals surface area contributed by atoms with Crippen LogP contribution in [0.2, 0.25) is 0 Å². The van der Waals surface area contributed by atoms with Crippen LogP contribution in [0.4, 0.5) is 10.5 Å². The van der Waals surface area contributed by atoms with Crippen LogP contribution in [-0.2, 0) is 7.05 Å². The molecule has 1 aromatic heterocycles. The van der Waals surface area contributed by atoms with Crippen LogP contribution in [0.15, 0.2) is 51.7 Å². The predicted octanol–water partition coefficient (Wildman–Crippen LogP) is 3.32. The number of aryl methyl sites for hydroxylation is 2. The maximum absolute atomic E-state index is 12.2. The Morgan fingerprint density at radius 3 is 2.58 bits per heavy atom. The number of fused-ring (bicyclic) bond motifs is 1. The number of amides is 2. The molecular formula is C18H19N3O3. The Morgan fingerprint density at radius 2 is 1.88 bits per heavy atom. The summed E-state index contributed by atoms with van der Waals surface area (Å²) < 4.78 is 6.47. The van der Waals surface area contributed by atoms with Gasteiger partial charge in [-0.2, -0.15) is 0 Å². The van der Waals surface area contributed by atoms with Crippen molar-refractivity contribution in [3.63, 3.8) is 0 Å². The summed E-state index contributed by atoms with van der Waals surface area (Å²) in [5.41, 5.74) is 3.91. The topological polar surface area (TPSA) is 76.3 Å². The van der Waals surface area contributed by atoms with Gasteiger partial charge in [0.25, 0.3) is 0 Å². The lowest BCUT2D eigenvalue weighted by Crippen LogP contribution is -2.31. The Balaban J connectivity index is 1.71. The quantitative estimate of drug-likeness (QED) is 0.775. The summed E-state index contributed by atoms with van der Waals surface area (Å²) in [6.07, 6.45) is 0. The van der Waals surface area contributed by atoms with Crippen molar-refractivity contribution >= 4 is 22.8 Å². The van der Waals surface area contributed by atoms with Crippen molar-refractivity contribution in [2.75, 3.05) is 5.32 Å². The van der Waals surface area contributed by atoms with Gasteiger partial charge in [0, 0.05) is 12.7 Å². The molecule has 0 aliphatic rings. The monoisotopic (exact) mass is 325 g/mol. The van der Waals surface area contributed by atoms with E-state index < -0.39 is 5.76 Å². The van der Waals surface area contributed by atoms with Crippen LogP contribution in [0, 0.1) is 6.92 Å². The molecule has 0 radical (unpaired) electrons. The van der Waals surface area contributed by atoms with E-state index in [0.717, 1.165) is 5.56 Å². The van der Waals surface area contributed by atoms with E-state index in [1.807, 2.05) is 38.1 Å². The van der Waals surface area contributed by atoms with Gasteiger partial charge in [-0.1, -0.05) is 29.8 Å². The number of aromatic nitrogens is 1. The Morgan fingerprint density at radius 1 is 1.17 bits per heavy atom. The van der Waals surface area contributed by atoms with Gasteiger partial charge in [-0.15, -0.1) is 0 Å². The van der Waals surface area contributed by atoms with Crippen molar-refractivity contribution in [1.29, 1.82) is 0 Å². The summed E-state index contributed by atoms with van der Waals surface area (Å²) in [7, 11) is 1.62. The molecule has 6 heteroatoms.